The molecular formula is C15H25FN3+3. The van der Waals surface area contributed by atoms with Crippen molar-refractivity contribution in [2.24, 2.45) is 0 Å². The summed E-state index contributed by atoms with van der Waals surface area (Å²) >= 11 is 0. The molecule has 0 aromatic heterocycles. The van der Waals surface area contributed by atoms with Crippen molar-refractivity contribution in [2.45, 2.75) is 19.5 Å². The Morgan fingerprint density at radius 3 is 2.79 bits per heavy atom. The zero-order valence-electron chi connectivity index (χ0n) is 11.7. The van der Waals surface area contributed by atoms with E-state index in [0.29, 0.717) is 6.04 Å². The molecule has 1 aromatic rings. The number of nitrogens with two attached hydrogens (primary N) is 1. The molecule has 19 heavy (non-hydrogen) atoms. The number of halogens is 1. The van der Waals surface area contributed by atoms with Gasteiger partial charge < -0.3 is 15.1 Å². The van der Waals surface area contributed by atoms with Crippen LogP contribution in [-0.4, -0.2) is 39.3 Å². The van der Waals surface area contributed by atoms with Gasteiger partial charge in [-0.3, -0.25) is 0 Å². The number of benzene rings is 1. The second-order valence-electron chi connectivity index (χ2n) is 5.89. The Morgan fingerprint density at radius 2 is 2.05 bits per heavy atom. The van der Waals surface area contributed by atoms with E-state index < -0.39 is 0 Å². The van der Waals surface area contributed by atoms with Crippen molar-refractivity contribution in [3.8, 4) is 0 Å². The smallest absolute Gasteiger partial charge is 0.163 e. The van der Waals surface area contributed by atoms with E-state index in [9.17, 15) is 4.39 Å². The van der Waals surface area contributed by atoms with Gasteiger partial charge in [0.1, 0.15) is 45.1 Å². The fourth-order valence-electron chi connectivity index (χ4n) is 3.64. The Labute approximate surface area is 114 Å². The maximum absolute atomic E-state index is 13.3. The van der Waals surface area contributed by atoms with Crippen LogP contribution in [0.1, 0.15) is 24.1 Å². The van der Waals surface area contributed by atoms with Crippen molar-refractivity contribution in [3.63, 3.8) is 0 Å². The zero-order chi connectivity index (χ0) is 13.2. The predicted molar refractivity (Wildman–Crippen MR) is 71.6 cm³/mol. The van der Waals surface area contributed by atoms with Crippen LogP contribution in [0.3, 0.4) is 0 Å². The number of hydrogen-bond donors (Lipinski definition) is 3. The highest BCUT2D eigenvalue weighted by molar-refractivity contribution is 5.30. The Kier molecular flexibility index (Phi) is 3.82. The van der Waals surface area contributed by atoms with Gasteiger partial charge in [0.2, 0.25) is 0 Å². The molecule has 0 amide bonds. The molecule has 1 saturated heterocycles. The van der Waals surface area contributed by atoms with Crippen molar-refractivity contribution in [2.75, 3.05) is 39.3 Å². The maximum atomic E-state index is 13.3. The maximum Gasteiger partial charge on any atom is 0.163 e. The minimum Gasteiger partial charge on any atom is -0.337 e. The van der Waals surface area contributed by atoms with Crippen molar-refractivity contribution in [3.05, 3.63) is 35.1 Å². The summed E-state index contributed by atoms with van der Waals surface area (Å²) in [5.74, 6) is -0.0944. The normalized spacial score (nSPS) is 30.9. The van der Waals surface area contributed by atoms with E-state index >= 15 is 0 Å². The SMILES string of the molecule is CC[NH+]1CC[NH+]([C@H]2C[NH2+]Cc3cc(F)ccc32)CC1. The molecule has 0 spiro atoms. The fourth-order valence-corrected chi connectivity index (χ4v) is 3.64. The average molecular weight is 266 g/mol. The van der Waals surface area contributed by atoms with Gasteiger partial charge in [-0.2, -0.15) is 0 Å². The lowest BCUT2D eigenvalue weighted by Gasteiger charge is -2.35. The third-order valence-electron chi connectivity index (χ3n) is 4.84. The highest BCUT2D eigenvalue weighted by atomic mass is 19.1. The van der Waals surface area contributed by atoms with E-state index in [1.807, 2.05) is 6.07 Å². The van der Waals surface area contributed by atoms with Crippen molar-refractivity contribution >= 4 is 0 Å². The van der Waals surface area contributed by atoms with Crippen LogP contribution in [0.15, 0.2) is 18.2 Å². The van der Waals surface area contributed by atoms with E-state index in [4.69, 9.17) is 0 Å². The molecule has 3 nitrogen and oxygen atoms in total. The van der Waals surface area contributed by atoms with Crippen LogP contribution in [0.4, 0.5) is 4.39 Å². The van der Waals surface area contributed by atoms with Gasteiger partial charge in [-0.1, -0.05) is 0 Å². The zero-order valence-corrected chi connectivity index (χ0v) is 11.7. The minimum atomic E-state index is -0.0944. The van der Waals surface area contributed by atoms with Gasteiger partial charge in [-0.05, 0) is 25.1 Å². The second kappa shape index (κ2) is 5.57. The molecule has 104 valence electrons. The van der Waals surface area contributed by atoms with Gasteiger partial charge >= 0.3 is 0 Å². The number of fused-ring (bicyclic) bond motifs is 1. The molecule has 2 aliphatic rings. The Hall–Kier alpha value is -0.970. The van der Waals surface area contributed by atoms with Gasteiger partial charge in [0.15, 0.2) is 6.04 Å². The summed E-state index contributed by atoms with van der Waals surface area (Å²) in [4.78, 5) is 3.42. The number of rotatable bonds is 2. The lowest BCUT2D eigenvalue weighted by molar-refractivity contribution is -1.03. The fraction of sp³-hybridized carbons (Fsp3) is 0.600. The molecule has 1 fully saturated rings. The van der Waals surface area contributed by atoms with Crippen LogP contribution in [0, 0.1) is 5.82 Å². The molecule has 0 aliphatic carbocycles. The summed E-state index contributed by atoms with van der Waals surface area (Å²) in [6, 6.07) is 5.94. The summed E-state index contributed by atoms with van der Waals surface area (Å²) in [6.45, 7) is 10.6. The molecule has 0 radical (unpaired) electrons. The molecule has 0 unspecified atom stereocenters. The molecule has 0 bridgehead atoms. The number of quaternary nitrogens is 3. The van der Waals surface area contributed by atoms with Crippen molar-refractivity contribution < 1.29 is 19.5 Å². The highest BCUT2D eigenvalue weighted by Crippen LogP contribution is 2.18. The van der Waals surface area contributed by atoms with Crippen LogP contribution < -0.4 is 15.1 Å². The van der Waals surface area contributed by atoms with Crippen molar-refractivity contribution in [1.82, 2.24) is 0 Å². The predicted octanol–water partition coefficient (Wildman–Crippen LogP) is -2.25. The first-order valence-corrected chi connectivity index (χ1v) is 7.56. The van der Waals surface area contributed by atoms with E-state index in [1.165, 1.54) is 43.9 Å². The summed E-state index contributed by atoms with van der Waals surface area (Å²) in [7, 11) is 0. The first-order valence-electron chi connectivity index (χ1n) is 7.56. The Morgan fingerprint density at radius 1 is 1.26 bits per heavy atom. The van der Waals surface area contributed by atoms with E-state index in [-0.39, 0.29) is 5.82 Å². The minimum absolute atomic E-state index is 0.0944. The highest BCUT2D eigenvalue weighted by Gasteiger charge is 2.34. The molecule has 0 saturated carbocycles. The first-order chi connectivity index (χ1) is 9.28. The molecule has 3 rings (SSSR count). The molecule has 4 heteroatoms. The quantitative estimate of drug-likeness (QED) is 0.539. The van der Waals surface area contributed by atoms with E-state index in [2.05, 4.69) is 12.2 Å². The third-order valence-corrected chi connectivity index (χ3v) is 4.84. The number of nitrogens with one attached hydrogen (secondary N) is 2. The summed E-state index contributed by atoms with van der Waals surface area (Å²) in [5, 5.41) is 2.33. The van der Waals surface area contributed by atoms with Gasteiger partial charge in [-0.25, -0.2) is 4.39 Å². The molecule has 1 aromatic carbocycles. The lowest BCUT2D eigenvalue weighted by Crippen LogP contribution is -3.28. The monoisotopic (exact) mass is 266 g/mol. The molecule has 1 atom stereocenters. The first kappa shape index (κ1) is 13.0. The standard InChI is InChI=1S/C15H22FN3/c1-2-18-5-7-19(8-6-18)15-11-17-10-12-9-13(16)3-4-14(12)15/h3-4,9,15,17H,2,5-8,10-11H2,1H3/p+3/t15-/m0/s1. The largest absolute Gasteiger partial charge is 0.337 e. The summed E-state index contributed by atoms with van der Waals surface area (Å²) < 4.78 is 13.3. The summed E-state index contributed by atoms with van der Waals surface area (Å²) in [5.41, 5.74) is 2.59. The van der Waals surface area contributed by atoms with E-state index in [0.717, 1.165) is 13.1 Å². The van der Waals surface area contributed by atoms with Crippen LogP contribution >= 0.6 is 0 Å². The topological polar surface area (TPSA) is 25.5 Å². The summed E-state index contributed by atoms with van der Waals surface area (Å²) in [6.07, 6.45) is 0. The van der Waals surface area contributed by atoms with Gasteiger partial charge in [0.25, 0.3) is 0 Å². The van der Waals surface area contributed by atoms with Gasteiger partial charge in [0.05, 0.1) is 6.54 Å². The number of likely N-dealkylation sites (N-methyl/N-ethyl adjacent to an activating group) is 1. The molecular weight excluding hydrogens is 241 g/mol. The van der Waals surface area contributed by atoms with Crippen LogP contribution in [0.25, 0.3) is 0 Å². The molecule has 4 N–H and O–H groups in total. The molecule has 2 heterocycles. The second-order valence-corrected chi connectivity index (χ2v) is 5.89. The molecule has 2 aliphatic heterocycles. The van der Waals surface area contributed by atoms with Gasteiger partial charge in [-0.15, -0.1) is 0 Å². The Balaban J connectivity index is 1.77. The average Bonchev–Trinajstić information content (AvgIpc) is 2.46. The Bertz CT molecular complexity index is 441. The van der Waals surface area contributed by atoms with Crippen LogP contribution in [-0.2, 0) is 6.54 Å². The third kappa shape index (κ3) is 2.66. The van der Waals surface area contributed by atoms with Crippen LogP contribution in [0.2, 0.25) is 0 Å². The van der Waals surface area contributed by atoms with Crippen LogP contribution in [0.5, 0.6) is 0 Å². The number of hydrogen-bond acceptors (Lipinski definition) is 0. The van der Waals surface area contributed by atoms with Gasteiger partial charge in [0, 0.05) is 11.1 Å². The van der Waals surface area contributed by atoms with E-state index in [1.54, 1.807) is 21.9 Å². The lowest BCUT2D eigenvalue weighted by atomic mass is 9.95. The van der Waals surface area contributed by atoms with Crippen molar-refractivity contribution in [1.29, 1.82) is 0 Å². The number of piperazine rings is 1.